The molecule has 1 fully saturated rings. The maximum absolute atomic E-state index is 12.8. The average Bonchev–Trinajstić information content (AvgIpc) is 3.23. The van der Waals surface area contributed by atoms with E-state index in [0.29, 0.717) is 18.5 Å². The van der Waals surface area contributed by atoms with Crippen LogP contribution in [-0.4, -0.2) is 35.8 Å². The van der Waals surface area contributed by atoms with E-state index in [2.05, 4.69) is 5.32 Å². The number of primary amides is 1. The summed E-state index contributed by atoms with van der Waals surface area (Å²) in [6, 6.07) is 16.3. The summed E-state index contributed by atoms with van der Waals surface area (Å²) in [4.78, 5) is 24.8. The Morgan fingerprint density at radius 1 is 1.07 bits per heavy atom. The molecule has 2 aromatic rings. The summed E-state index contributed by atoms with van der Waals surface area (Å²) in [6.07, 6.45) is -2.98. The Morgan fingerprint density at radius 2 is 1.69 bits per heavy atom. The van der Waals surface area contributed by atoms with Gasteiger partial charge in [0.2, 0.25) is 11.8 Å². The first-order valence-corrected chi connectivity index (χ1v) is 9.24. The Morgan fingerprint density at radius 3 is 2.17 bits per heavy atom. The van der Waals surface area contributed by atoms with Gasteiger partial charge in [0.25, 0.3) is 0 Å². The van der Waals surface area contributed by atoms with Crippen molar-refractivity contribution in [2.24, 2.45) is 5.73 Å². The quantitative estimate of drug-likeness (QED) is 0.800. The van der Waals surface area contributed by atoms with Crippen molar-refractivity contribution >= 4 is 11.8 Å². The van der Waals surface area contributed by atoms with Crippen LogP contribution in [0.5, 0.6) is 0 Å². The van der Waals surface area contributed by atoms with Crippen LogP contribution in [0, 0.1) is 0 Å². The lowest BCUT2D eigenvalue weighted by Crippen LogP contribution is -2.46. The lowest BCUT2D eigenvalue weighted by Gasteiger charge is -2.25. The number of nitrogens with one attached hydrogen (secondary N) is 1. The molecule has 0 aliphatic carbocycles. The largest absolute Gasteiger partial charge is 0.416 e. The molecule has 1 atom stereocenters. The molecule has 0 radical (unpaired) electrons. The normalized spacial score (nSPS) is 15.9. The molecule has 1 aliphatic rings. The summed E-state index contributed by atoms with van der Waals surface area (Å²) in [5, 5.41) is 3.01. The number of hydrogen-bond acceptors (Lipinski definition) is 3. The first-order chi connectivity index (χ1) is 13.8. The molecule has 0 bridgehead atoms. The molecule has 1 unspecified atom stereocenters. The van der Waals surface area contributed by atoms with Crippen LogP contribution in [0.15, 0.2) is 60.7 Å². The Hall–Kier alpha value is -2.87. The van der Waals surface area contributed by atoms with Gasteiger partial charge >= 0.3 is 6.18 Å². The first kappa shape index (κ1) is 22.4. The lowest BCUT2D eigenvalue weighted by molar-refractivity contribution is -0.138. The molecule has 2 aromatic carbocycles. The topological polar surface area (TPSA) is 75.4 Å². The third-order valence-electron chi connectivity index (χ3n) is 4.31. The number of halogens is 3. The van der Waals surface area contributed by atoms with Crippen LogP contribution in [0.25, 0.3) is 0 Å². The standard InChI is InChI=1S/C15H18F3N3O2.C6H6/c16-15(17,18)11-4-1-3-10(7-11)8-21(9-13(19)22)14(23)12-5-2-6-20-12;1-2-4-6-5-3-1/h1,3-4,7,12,20H,2,5-6,8-9H2,(H2,19,22);1-6H. The van der Waals surface area contributed by atoms with Crippen LogP contribution < -0.4 is 11.1 Å². The van der Waals surface area contributed by atoms with Crippen molar-refractivity contribution in [2.45, 2.75) is 31.6 Å². The van der Waals surface area contributed by atoms with Crippen LogP contribution in [-0.2, 0) is 22.3 Å². The third-order valence-corrected chi connectivity index (χ3v) is 4.31. The highest BCUT2D eigenvalue weighted by Crippen LogP contribution is 2.29. The zero-order valence-electron chi connectivity index (χ0n) is 15.9. The van der Waals surface area contributed by atoms with Gasteiger partial charge < -0.3 is 16.0 Å². The summed E-state index contributed by atoms with van der Waals surface area (Å²) in [5.41, 5.74) is 4.66. The number of rotatable bonds is 5. The Labute approximate surface area is 167 Å². The summed E-state index contributed by atoms with van der Waals surface area (Å²) in [5.74, 6) is -1.03. The van der Waals surface area contributed by atoms with Crippen molar-refractivity contribution < 1.29 is 22.8 Å². The van der Waals surface area contributed by atoms with Gasteiger partial charge in [-0.25, -0.2) is 0 Å². The SMILES string of the molecule is NC(=O)CN(Cc1cccc(C(F)(F)F)c1)C(=O)C1CCCN1.c1ccccc1. The third kappa shape index (κ3) is 7.57. The van der Waals surface area contributed by atoms with Crippen LogP contribution in [0.3, 0.4) is 0 Å². The fraction of sp³-hybridized carbons (Fsp3) is 0.333. The highest BCUT2D eigenvalue weighted by Gasteiger charge is 2.31. The number of nitrogens with zero attached hydrogens (tertiary/aromatic N) is 1. The monoisotopic (exact) mass is 407 g/mol. The summed E-state index contributed by atoms with van der Waals surface area (Å²) >= 11 is 0. The highest BCUT2D eigenvalue weighted by molar-refractivity contribution is 5.87. The molecule has 0 spiro atoms. The molecule has 156 valence electrons. The van der Waals surface area contributed by atoms with Crippen molar-refractivity contribution in [1.82, 2.24) is 10.2 Å². The molecule has 2 amide bonds. The summed E-state index contributed by atoms with van der Waals surface area (Å²) < 4.78 is 38.3. The van der Waals surface area contributed by atoms with Crippen LogP contribution >= 0.6 is 0 Å². The first-order valence-electron chi connectivity index (χ1n) is 9.24. The van der Waals surface area contributed by atoms with Crippen molar-refractivity contribution in [3.8, 4) is 0 Å². The zero-order valence-corrected chi connectivity index (χ0v) is 15.9. The number of carbonyl (C=O) groups is 2. The second kappa shape index (κ2) is 10.6. The van der Waals surface area contributed by atoms with Crippen LogP contribution in [0.1, 0.15) is 24.0 Å². The number of nitrogens with two attached hydrogens (primary N) is 1. The van der Waals surface area contributed by atoms with Gasteiger partial charge in [-0.2, -0.15) is 13.2 Å². The smallest absolute Gasteiger partial charge is 0.368 e. The fourth-order valence-corrected chi connectivity index (χ4v) is 2.97. The second-order valence-corrected chi connectivity index (χ2v) is 6.66. The van der Waals surface area contributed by atoms with Crippen LogP contribution in [0.2, 0.25) is 0 Å². The molecular weight excluding hydrogens is 383 g/mol. The van der Waals surface area contributed by atoms with E-state index in [1.165, 1.54) is 17.0 Å². The molecule has 0 aromatic heterocycles. The van der Waals surface area contributed by atoms with Gasteiger partial charge in [-0.15, -0.1) is 0 Å². The fourth-order valence-electron chi connectivity index (χ4n) is 2.97. The van der Waals surface area contributed by atoms with E-state index < -0.39 is 23.7 Å². The van der Waals surface area contributed by atoms with E-state index in [0.717, 1.165) is 18.6 Å². The Balaban J connectivity index is 0.000000426. The molecule has 5 nitrogen and oxygen atoms in total. The number of amides is 2. The number of hydrogen-bond donors (Lipinski definition) is 2. The minimum absolute atomic E-state index is 0.0934. The summed E-state index contributed by atoms with van der Waals surface area (Å²) in [7, 11) is 0. The number of alkyl halides is 3. The molecule has 3 rings (SSSR count). The van der Waals surface area contributed by atoms with Crippen molar-refractivity contribution in [3.63, 3.8) is 0 Å². The minimum atomic E-state index is -4.46. The molecule has 8 heteroatoms. The van der Waals surface area contributed by atoms with Crippen molar-refractivity contribution in [3.05, 3.63) is 71.8 Å². The van der Waals surface area contributed by atoms with Gasteiger partial charge in [0, 0.05) is 6.54 Å². The van der Waals surface area contributed by atoms with E-state index >= 15 is 0 Å². The van der Waals surface area contributed by atoms with E-state index in [4.69, 9.17) is 5.73 Å². The average molecular weight is 407 g/mol. The molecule has 0 saturated carbocycles. The minimum Gasteiger partial charge on any atom is -0.368 e. The van der Waals surface area contributed by atoms with Gasteiger partial charge in [-0.3, -0.25) is 9.59 Å². The summed E-state index contributed by atoms with van der Waals surface area (Å²) in [6.45, 7) is 0.279. The molecule has 1 aliphatic heterocycles. The van der Waals surface area contributed by atoms with E-state index in [1.54, 1.807) is 0 Å². The van der Waals surface area contributed by atoms with Gasteiger partial charge in [0.15, 0.2) is 0 Å². The second-order valence-electron chi connectivity index (χ2n) is 6.66. The Kier molecular flexibility index (Phi) is 8.21. The van der Waals surface area contributed by atoms with E-state index in [9.17, 15) is 22.8 Å². The van der Waals surface area contributed by atoms with Crippen molar-refractivity contribution in [1.29, 1.82) is 0 Å². The highest BCUT2D eigenvalue weighted by atomic mass is 19.4. The predicted molar refractivity (Wildman–Crippen MR) is 104 cm³/mol. The Bertz CT molecular complexity index is 765. The van der Waals surface area contributed by atoms with Crippen molar-refractivity contribution in [2.75, 3.05) is 13.1 Å². The molecule has 3 N–H and O–H groups in total. The van der Waals surface area contributed by atoms with Crippen LogP contribution in [0.4, 0.5) is 13.2 Å². The van der Waals surface area contributed by atoms with E-state index in [-0.39, 0.29) is 19.0 Å². The molecule has 29 heavy (non-hydrogen) atoms. The van der Waals surface area contributed by atoms with Gasteiger partial charge in [-0.05, 0) is 37.1 Å². The maximum Gasteiger partial charge on any atom is 0.416 e. The van der Waals surface area contributed by atoms with Gasteiger partial charge in [0.1, 0.15) is 0 Å². The molecule has 1 saturated heterocycles. The zero-order chi connectivity index (χ0) is 21.3. The predicted octanol–water partition coefficient (Wildman–Crippen LogP) is 2.96. The lowest BCUT2D eigenvalue weighted by atomic mass is 10.1. The maximum atomic E-state index is 12.8. The van der Waals surface area contributed by atoms with E-state index in [1.807, 2.05) is 36.4 Å². The van der Waals surface area contributed by atoms with Gasteiger partial charge in [-0.1, -0.05) is 48.5 Å². The molecular formula is C21H24F3N3O2. The number of carbonyl (C=O) groups excluding carboxylic acids is 2. The number of benzene rings is 2. The molecule has 1 heterocycles. The van der Waals surface area contributed by atoms with Gasteiger partial charge in [0.05, 0.1) is 18.2 Å².